The minimum atomic E-state index is -0.645. The van der Waals surface area contributed by atoms with E-state index in [0.717, 1.165) is 11.1 Å². The first-order valence-electron chi connectivity index (χ1n) is 7.39. The van der Waals surface area contributed by atoms with Gasteiger partial charge in [0.05, 0.1) is 6.04 Å². The molecule has 0 radical (unpaired) electrons. The third-order valence-corrected chi connectivity index (χ3v) is 3.62. The van der Waals surface area contributed by atoms with E-state index >= 15 is 0 Å². The molecule has 0 aliphatic heterocycles. The smallest absolute Gasteiger partial charge is 0.410 e. The number of pyridine rings is 1. The Bertz CT molecular complexity index is 668. The third kappa shape index (κ3) is 4.39. The largest absolute Gasteiger partial charge is 0.445 e. The molecule has 5 nitrogen and oxygen atoms in total. The molecule has 0 saturated carbocycles. The van der Waals surface area contributed by atoms with E-state index in [2.05, 4.69) is 4.98 Å². The van der Waals surface area contributed by atoms with Crippen molar-refractivity contribution in [1.82, 2.24) is 9.88 Å². The third-order valence-electron chi connectivity index (χ3n) is 3.62. The number of Topliss-reactive ketones (excluding diaryl/α,β-unsaturated/α-hetero) is 1. The van der Waals surface area contributed by atoms with Gasteiger partial charge in [0, 0.05) is 13.2 Å². The number of ether oxygens (including phenoxy) is 1. The highest BCUT2D eigenvalue weighted by molar-refractivity contribution is 5.99. The van der Waals surface area contributed by atoms with Crippen molar-refractivity contribution >= 4 is 11.9 Å². The first-order valence-corrected chi connectivity index (χ1v) is 7.39. The van der Waals surface area contributed by atoms with Crippen LogP contribution in [0.3, 0.4) is 0 Å². The Morgan fingerprint density at radius 2 is 1.87 bits per heavy atom. The molecule has 23 heavy (non-hydrogen) atoms. The van der Waals surface area contributed by atoms with E-state index in [1.165, 1.54) is 4.90 Å². The number of nitrogens with zero attached hydrogens (tertiary/aromatic N) is 2. The molecule has 0 bridgehead atoms. The highest BCUT2D eigenvalue weighted by atomic mass is 16.6. The van der Waals surface area contributed by atoms with Crippen LogP contribution >= 0.6 is 0 Å². The Balaban J connectivity index is 1.95. The van der Waals surface area contributed by atoms with E-state index in [0.29, 0.717) is 5.69 Å². The second kappa shape index (κ2) is 7.54. The van der Waals surface area contributed by atoms with E-state index < -0.39 is 12.1 Å². The second-order valence-corrected chi connectivity index (χ2v) is 5.41. The first-order chi connectivity index (χ1) is 11.0. The predicted octanol–water partition coefficient (Wildman–Crippen LogP) is 3.23. The minimum Gasteiger partial charge on any atom is -0.445 e. The Morgan fingerprint density at radius 3 is 2.48 bits per heavy atom. The van der Waals surface area contributed by atoms with Gasteiger partial charge in [0.15, 0.2) is 0 Å². The lowest BCUT2D eigenvalue weighted by molar-refractivity contribution is 0.0737. The van der Waals surface area contributed by atoms with Crippen LogP contribution in [0.2, 0.25) is 0 Å². The molecule has 0 spiro atoms. The number of aryl methyl sites for hydroxylation is 1. The highest BCUT2D eigenvalue weighted by Gasteiger charge is 2.25. The van der Waals surface area contributed by atoms with Crippen molar-refractivity contribution < 1.29 is 14.3 Å². The first kappa shape index (κ1) is 16.7. The zero-order chi connectivity index (χ0) is 16.8. The summed E-state index contributed by atoms with van der Waals surface area (Å²) in [5, 5.41) is 0. The maximum atomic E-state index is 12.4. The van der Waals surface area contributed by atoms with Crippen LogP contribution in [0, 0.1) is 6.92 Å². The van der Waals surface area contributed by atoms with Crippen LogP contribution < -0.4 is 0 Å². The number of hydrogen-bond donors (Lipinski definition) is 0. The molecule has 2 aromatic rings. The maximum Gasteiger partial charge on any atom is 0.410 e. The highest BCUT2D eigenvalue weighted by Crippen LogP contribution is 2.09. The number of ketones is 1. The molecule has 1 amide bonds. The number of likely N-dealkylation sites (N-methyl/N-ethyl adjacent to an activating group) is 1. The summed E-state index contributed by atoms with van der Waals surface area (Å²) in [4.78, 5) is 29.8. The van der Waals surface area contributed by atoms with Gasteiger partial charge in [0.1, 0.15) is 12.3 Å². The average molecular weight is 312 g/mol. The van der Waals surface area contributed by atoms with Gasteiger partial charge in [0.25, 0.3) is 0 Å². The van der Waals surface area contributed by atoms with E-state index in [4.69, 9.17) is 4.74 Å². The van der Waals surface area contributed by atoms with Gasteiger partial charge >= 0.3 is 6.09 Å². The van der Waals surface area contributed by atoms with Crippen molar-refractivity contribution in [2.75, 3.05) is 7.05 Å². The Morgan fingerprint density at radius 1 is 1.17 bits per heavy atom. The van der Waals surface area contributed by atoms with Gasteiger partial charge in [-0.05, 0) is 31.0 Å². The number of hydrogen-bond acceptors (Lipinski definition) is 4. The molecule has 0 N–H and O–H groups in total. The summed E-state index contributed by atoms with van der Waals surface area (Å²) in [6, 6.07) is 12.2. The van der Waals surface area contributed by atoms with Crippen LogP contribution in [0.4, 0.5) is 4.79 Å². The summed E-state index contributed by atoms with van der Waals surface area (Å²) in [6.07, 6.45) is 1.09. The number of rotatable bonds is 5. The molecule has 0 aliphatic carbocycles. The molecule has 2 rings (SSSR count). The zero-order valence-electron chi connectivity index (χ0n) is 13.5. The van der Waals surface area contributed by atoms with Gasteiger partial charge in [-0.3, -0.25) is 9.78 Å². The van der Waals surface area contributed by atoms with Crippen LogP contribution in [0.15, 0.2) is 48.7 Å². The molecule has 1 unspecified atom stereocenters. The predicted molar refractivity (Wildman–Crippen MR) is 87.2 cm³/mol. The Hall–Kier alpha value is -2.69. The number of benzene rings is 1. The molecular formula is C18H20N2O3. The zero-order valence-corrected chi connectivity index (χ0v) is 13.5. The van der Waals surface area contributed by atoms with E-state index in [1.807, 2.05) is 43.3 Å². The minimum absolute atomic E-state index is 0.174. The molecule has 0 saturated heterocycles. The second-order valence-electron chi connectivity index (χ2n) is 5.41. The molecule has 5 heteroatoms. The molecule has 0 aliphatic rings. The quantitative estimate of drug-likeness (QED) is 0.795. The lowest BCUT2D eigenvalue weighted by atomic mass is 10.1. The van der Waals surface area contributed by atoms with Crippen LogP contribution in [-0.4, -0.2) is 34.8 Å². The van der Waals surface area contributed by atoms with E-state index in [-0.39, 0.29) is 12.4 Å². The van der Waals surface area contributed by atoms with Crippen LogP contribution in [0.5, 0.6) is 0 Å². The van der Waals surface area contributed by atoms with Crippen molar-refractivity contribution in [3.8, 4) is 0 Å². The molecule has 1 aromatic heterocycles. The number of carbonyl (C=O) groups excluding carboxylic acids is 2. The molecule has 1 heterocycles. The van der Waals surface area contributed by atoms with Gasteiger partial charge in [-0.15, -0.1) is 0 Å². The fraction of sp³-hybridized carbons (Fsp3) is 0.278. The number of aromatic nitrogens is 1. The van der Waals surface area contributed by atoms with Crippen molar-refractivity contribution in [1.29, 1.82) is 0 Å². The normalized spacial score (nSPS) is 11.6. The van der Waals surface area contributed by atoms with Gasteiger partial charge in [-0.2, -0.15) is 0 Å². The Kier molecular flexibility index (Phi) is 5.46. The fourth-order valence-corrected chi connectivity index (χ4v) is 1.98. The van der Waals surface area contributed by atoms with Gasteiger partial charge < -0.3 is 9.64 Å². The SMILES string of the molecule is Cc1ccc(C(=O)C(C)N(C)C(=O)OCc2ccccc2)nc1. The summed E-state index contributed by atoms with van der Waals surface area (Å²) in [5.74, 6) is -0.218. The van der Waals surface area contributed by atoms with Crippen molar-refractivity contribution in [3.63, 3.8) is 0 Å². The standard InChI is InChI=1S/C18H20N2O3/c1-13-9-10-16(19-11-13)17(21)14(2)20(3)18(22)23-12-15-7-5-4-6-8-15/h4-11,14H,12H2,1-3H3. The van der Waals surface area contributed by atoms with E-state index in [1.54, 1.807) is 26.2 Å². The van der Waals surface area contributed by atoms with Crippen molar-refractivity contribution in [3.05, 3.63) is 65.5 Å². The van der Waals surface area contributed by atoms with Gasteiger partial charge in [0.2, 0.25) is 5.78 Å². The van der Waals surface area contributed by atoms with Crippen molar-refractivity contribution in [2.24, 2.45) is 0 Å². The lowest BCUT2D eigenvalue weighted by Crippen LogP contribution is -2.40. The molecule has 1 atom stereocenters. The molecule has 0 fully saturated rings. The summed E-state index contributed by atoms with van der Waals surface area (Å²) in [6.45, 7) is 3.74. The topological polar surface area (TPSA) is 59.5 Å². The number of carbonyl (C=O) groups is 2. The maximum absolute atomic E-state index is 12.4. The summed E-state index contributed by atoms with van der Waals surface area (Å²) < 4.78 is 5.23. The fourth-order valence-electron chi connectivity index (χ4n) is 1.98. The van der Waals surface area contributed by atoms with Crippen LogP contribution in [-0.2, 0) is 11.3 Å². The average Bonchev–Trinajstić information content (AvgIpc) is 2.59. The van der Waals surface area contributed by atoms with Crippen LogP contribution in [0.1, 0.15) is 28.5 Å². The van der Waals surface area contributed by atoms with E-state index in [9.17, 15) is 9.59 Å². The summed E-state index contributed by atoms with van der Waals surface area (Å²) in [7, 11) is 1.55. The molecule has 120 valence electrons. The monoisotopic (exact) mass is 312 g/mol. The summed E-state index contributed by atoms with van der Waals surface area (Å²) in [5.41, 5.74) is 2.21. The number of amides is 1. The van der Waals surface area contributed by atoms with Crippen molar-refractivity contribution in [2.45, 2.75) is 26.5 Å². The lowest BCUT2D eigenvalue weighted by Gasteiger charge is -2.23. The van der Waals surface area contributed by atoms with Gasteiger partial charge in [-0.1, -0.05) is 36.4 Å². The summed E-state index contributed by atoms with van der Waals surface area (Å²) >= 11 is 0. The Labute approximate surface area is 135 Å². The molecular weight excluding hydrogens is 292 g/mol. The van der Waals surface area contributed by atoms with Crippen LogP contribution in [0.25, 0.3) is 0 Å². The van der Waals surface area contributed by atoms with Gasteiger partial charge in [-0.25, -0.2) is 4.79 Å². The molecule has 1 aromatic carbocycles.